The zero-order valence-electron chi connectivity index (χ0n) is 16.8. The molecule has 7 heteroatoms. The molecule has 1 amide bonds. The second-order valence-electron chi connectivity index (χ2n) is 6.83. The van der Waals surface area contributed by atoms with Crippen molar-refractivity contribution in [1.82, 2.24) is 5.32 Å². The molecule has 0 unspecified atom stereocenters. The number of rotatable bonds is 9. The van der Waals surface area contributed by atoms with Crippen LogP contribution < -0.4 is 14.4 Å². The summed E-state index contributed by atoms with van der Waals surface area (Å²) in [6.45, 7) is 7.75. The van der Waals surface area contributed by atoms with Crippen LogP contribution >= 0.6 is 0 Å². The minimum Gasteiger partial charge on any atom is -0.492 e. The second kappa shape index (κ2) is 9.59. The number of hydrogen-bond acceptors (Lipinski definition) is 4. The van der Waals surface area contributed by atoms with Gasteiger partial charge in [-0.15, -0.1) is 0 Å². The third-order valence-electron chi connectivity index (χ3n) is 4.44. The molecule has 1 atom stereocenters. The predicted molar refractivity (Wildman–Crippen MR) is 111 cm³/mol. The molecule has 0 saturated carbocycles. The zero-order valence-corrected chi connectivity index (χ0v) is 17.6. The van der Waals surface area contributed by atoms with E-state index >= 15 is 0 Å². The van der Waals surface area contributed by atoms with E-state index in [1.54, 1.807) is 42.5 Å². The zero-order chi connectivity index (χ0) is 20.7. The van der Waals surface area contributed by atoms with Gasteiger partial charge in [-0.1, -0.05) is 44.2 Å². The Balaban J connectivity index is 2.46. The van der Waals surface area contributed by atoms with E-state index in [0.717, 1.165) is 4.31 Å². The molecular weight excluding hydrogens is 376 g/mol. The Hall–Kier alpha value is -2.54. The number of carbonyl (C=O) groups is 1. The maximum absolute atomic E-state index is 13.3. The highest BCUT2D eigenvalue weighted by molar-refractivity contribution is 7.92. The fraction of sp³-hybridized carbons (Fsp3) is 0.381. The van der Waals surface area contributed by atoms with Gasteiger partial charge in [0.1, 0.15) is 12.3 Å². The molecule has 2 aromatic carbocycles. The highest BCUT2D eigenvalue weighted by Gasteiger charge is 2.29. The molecule has 0 aromatic heterocycles. The summed E-state index contributed by atoms with van der Waals surface area (Å²) in [6.07, 6.45) is 0. The van der Waals surface area contributed by atoms with E-state index in [1.807, 2.05) is 27.7 Å². The van der Waals surface area contributed by atoms with Crippen LogP contribution in [-0.4, -0.2) is 33.5 Å². The first-order valence-electron chi connectivity index (χ1n) is 9.36. The van der Waals surface area contributed by atoms with Gasteiger partial charge in [0.15, 0.2) is 0 Å². The van der Waals surface area contributed by atoms with E-state index in [1.165, 1.54) is 12.1 Å². The van der Waals surface area contributed by atoms with E-state index in [2.05, 4.69) is 5.32 Å². The van der Waals surface area contributed by atoms with Crippen LogP contribution in [0.2, 0.25) is 0 Å². The Kier molecular flexibility index (Phi) is 7.45. The topological polar surface area (TPSA) is 75.7 Å². The molecular formula is C21H28N2O4S. The minimum absolute atomic E-state index is 0.0732. The van der Waals surface area contributed by atoms with Gasteiger partial charge in [-0.25, -0.2) is 8.42 Å². The largest absolute Gasteiger partial charge is 0.492 e. The van der Waals surface area contributed by atoms with E-state index in [9.17, 15) is 13.2 Å². The van der Waals surface area contributed by atoms with Crippen molar-refractivity contribution in [2.75, 3.05) is 17.5 Å². The Morgan fingerprint density at radius 3 is 2.25 bits per heavy atom. The molecule has 0 spiro atoms. The molecule has 0 aliphatic rings. The first-order valence-corrected chi connectivity index (χ1v) is 10.8. The maximum atomic E-state index is 13.3. The van der Waals surface area contributed by atoms with Gasteiger partial charge in [0.25, 0.3) is 10.0 Å². The lowest BCUT2D eigenvalue weighted by Crippen LogP contribution is -2.45. The van der Waals surface area contributed by atoms with E-state index < -0.39 is 10.0 Å². The van der Waals surface area contributed by atoms with E-state index in [4.69, 9.17) is 4.74 Å². The smallest absolute Gasteiger partial charge is 0.264 e. The lowest BCUT2D eigenvalue weighted by Gasteiger charge is -2.27. The van der Waals surface area contributed by atoms with E-state index in [-0.39, 0.29) is 29.3 Å². The minimum atomic E-state index is -3.95. The van der Waals surface area contributed by atoms with Crippen molar-refractivity contribution in [2.24, 2.45) is 5.92 Å². The molecule has 152 valence electrons. The van der Waals surface area contributed by atoms with Gasteiger partial charge >= 0.3 is 0 Å². The Bertz CT molecular complexity index is 882. The molecule has 0 fully saturated rings. The van der Waals surface area contributed by atoms with Crippen LogP contribution in [0.1, 0.15) is 27.7 Å². The molecule has 0 radical (unpaired) electrons. The molecule has 1 N–H and O–H groups in total. The quantitative estimate of drug-likeness (QED) is 0.695. The average Bonchev–Trinajstić information content (AvgIpc) is 2.67. The molecule has 0 aliphatic carbocycles. The highest BCUT2D eigenvalue weighted by atomic mass is 32.2. The normalized spacial score (nSPS) is 12.5. The van der Waals surface area contributed by atoms with Crippen LogP contribution in [0.3, 0.4) is 0 Å². The number of para-hydroxylation sites is 2. The molecule has 0 saturated heterocycles. The highest BCUT2D eigenvalue weighted by Crippen LogP contribution is 2.32. The first kappa shape index (κ1) is 21.8. The molecule has 6 nitrogen and oxygen atoms in total. The lowest BCUT2D eigenvalue weighted by atomic mass is 10.1. The number of benzene rings is 2. The Morgan fingerprint density at radius 2 is 1.64 bits per heavy atom. The monoisotopic (exact) mass is 404 g/mol. The number of carbonyl (C=O) groups excluding carboxylic acids is 1. The van der Waals surface area contributed by atoms with Gasteiger partial charge in [0, 0.05) is 6.04 Å². The number of nitrogens with one attached hydrogen (secondary N) is 1. The van der Waals surface area contributed by atoms with Gasteiger partial charge in [-0.3, -0.25) is 9.10 Å². The van der Waals surface area contributed by atoms with E-state index in [0.29, 0.717) is 18.0 Å². The van der Waals surface area contributed by atoms with Crippen molar-refractivity contribution in [2.45, 2.75) is 38.6 Å². The first-order chi connectivity index (χ1) is 13.3. The number of anilines is 1. The molecule has 2 rings (SSSR count). The fourth-order valence-corrected chi connectivity index (χ4v) is 4.01. The predicted octanol–water partition coefficient (Wildman–Crippen LogP) is 3.44. The summed E-state index contributed by atoms with van der Waals surface area (Å²) in [4.78, 5) is 12.7. The number of nitrogens with zero attached hydrogens (tertiary/aromatic N) is 1. The summed E-state index contributed by atoms with van der Waals surface area (Å²) in [7, 11) is -3.95. The summed E-state index contributed by atoms with van der Waals surface area (Å²) < 4.78 is 33.4. The second-order valence-corrected chi connectivity index (χ2v) is 8.69. The van der Waals surface area contributed by atoms with Crippen LogP contribution in [0.15, 0.2) is 59.5 Å². The average molecular weight is 405 g/mol. The van der Waals surface area contributed by atoms with Crippen molar-refractivity contribution < 1.29 is 17.9 Å². The van der Waals surface area contributed by atoms with Gasteiger partial charge in [-0.05, 0) is 44.0 Å². The van der Waals surface area contributed by atoms with Crippen LogP contribution in [0.5, 0.6) is 5.75 Å². The summed E-state index contributed by atoms with van der Waals surface area (Å²) in [6, 6.07) is 14.8. The molecule has 0 aliphatic heterocycles. The van der Waals surface area contributed by atoms with Gasteiger partial charge in [-0.2, -0.15) is 0 Å². The van der Waals surface area contributed by atoms with Crippen molar-refractivity contribution in [3.8, 4) is 5.75 Å². The van der Waals surface area contributed by atoms with Gasteiger partial charge < -0.3 is 10.1 Å². The number of hydrogen-bond donors (Lipinski definition) is 1. The van der Waals surface area contributed by atoms with Crippen LogP contribution in [0.4, 0.5) is 5.69 Å². The van der Waals surface area contributed by atoms with Crippen molar-refractivity contribution >= 4 is 21.6 Å². The molecule has 28 heavy (non-hydrogen) atoms. The van der Waals surface area contributed by atoms with Crippen molar-refractivity contribution in [3.63, 3.8) is 0 Å². The van der Waals surface area contributed by atoms with Crippen LogP contribution in [-0.2, 0) is 14.8 Å². The third-order valence-corrected chi connectivity index (χ3v) is 6.21. The molecule has 0 bridgehead atoms. The fourth-order valence-electron chi connectivity index (χ4n) is 2.56. The summed E-state index contributed by atoms with van der Waals surface area (Å²) in [5, 5.41) is 2.87. The number of amides is 1. The molecule has 2 aromatic rings. The number of sulfonamides is 1. The molecule has 0 heterocycles. The Labute approximate surface area is 167 Å². The lowest BCUT2D eigenvalue weighted by molar-refractivity contribution is -0.120. The summed E-state index contributed by atoms with van der Waals surface area (Å²) in [5.74, 6) is 0.278. The Morgan fingerprint density at radius 1 is 1.04 bits per heavy atom. The standard InChI is InChI=1S/C21H28N2O4S/c1-5-27-20-14-10-9-13-19(20)23(15-21(24)22-17(4)16(2)3)28(25,26)18-11-7-6-8-12-18/h6-14,16-17H,5,15H2,1-4H3,(H,22,24)/t17-/m1/s1. The van der Waals surface area contributed by atoms with Crippen LogP contribution in [0, 0.1) is 5.92 Å². The van der Waals surface area contributed by atoms with Crippen molar-refractivity contribution in [1.29, 1.82) is 0 Å². The SMILES string of the molecule is CCOc1ccccc1N(CC(=O)N[C@H](C)C(C)C)S(=O)(=O)c1ccccc1. The summed E-state index contributed by atoms with van der Waals surface area (Å²) >= 11 is 0. The number of ether oxygens (including phenoxy) is 1. The van der Waals surface area contributed by atoms with Gasteiger partial charge in [0.05, 0.1) is 17.2 Å². The third kappa shape index (κ3) is 5.25. The maximum Gasteiger partial charge on any atom is 0.264 e. The van der Waals surface area contributed by atoms with Gasteiger partial charge in [0.2, 0.25) is 5.91 Å². The van der Waals surface area contributed by atoms with Crippen LogP contribution in [0.25, 0.3) is 0 Å². The van der Waals surface area contributed by atoms with Crippen molar-refractivity contribution in [3.05, 3.63) is 54.6 Å². The summed E-state index contributed by atoms with van der Waals surface area (Å²) in [5.41, 5.74) is 0.334.